The molecule has 0 bridgehead atoms. The average molecular weight is 439 g/mol. The van der Waals surface area contributed by atoms with Crippen molar-refractivity contribution in [3.05, 3.63) is 40.3 Å². The van der Waals surface area contributed by atoms with Gasteiger partial charge in [-0.2, -0.15) is 0 Å². The minimum Gasteiger partial charge on any atom is -0.462 e. The van der Waals surface area contributed by atoms with Crippen LogP contribution in [-0.2, 0) is 4.74 Å². The molecule has 6 nitrogen and oxygen atoms in total. The van der Waals surface area contributed by atoms with Gasteiger partial charge in [0.15, 0.2) is 11.6 Å². The lowest BCUT2D eigenvalue weighted by molar-refractivity contribution is 0.0527. The van der Waals surface area contributed by atoms with Gasteiger partial charge in [-0.15, -0.1) is 11.3 Å². The normalized spacial score (nSPS) is 18.9. The molecule has 0 aliphatic carbocycles. The first-order valence-electron chi connectivity index (χ1n) is 10.9. The van der Waals surface area contributed by atoms with Crippen molar-refractivity contribution < 1.29 is 9.53 Å². The molecule has 2 unspecified atom stereocenters. The summed E-state index contributed by atoms with van der Waals surface area (Å²) in [5.74, 6) is 2.40. The minimum atomic E-state index is -0.303. The van der Waals surface area contributed by atoms with Gasteiger partial charge in [-0.05, 0) is 56.7 Å². The largest absolute Gasteiger partial charge is 0.462 e. The van der Waals surface area contributed by atoms with E-state index in [-0.39, 0.29) is 5.97 Å². The first kappa shape index (κ1) is 21.6. The van der Waals surface area contributed by atoms with E-state index in [1.165, 1.54) is 6.42 Å². The number of benzene rings is 1. The van der Waals surface area contributed by atoms with Crippen molar-refractivity contribution in [3.63, 3.8) is 0 Å². The number of nitrogens with zero attached hydrogens (tertiary/aromatic N) is 3. The Balaban J connectivity index is 1.80. The number of nitrogens with one attached hydrogen (secondary N) is 1. The maximum atomic E-state index is 12.7. The molecule has 31 heavy (non-hydrogen) atoms. The number of aromatic nitrogens is 2. The number of ether oxygens (including phenoxy) is 1. The quantitative estimate of drug-likeness (QED) is 0.515. The lowest BCUT2D eigenvalue weighted by Crippen LogP contribution is -2.39. The number of carbonyl (C=O) groups excluding carboxylic acids is 1. The van der Waals surface area contributed by atoms with E-state index in [1.807, 2.05) is 45.0 Å². The summed E-state index contributed by atoms with van der Waals surface area (Å²) in [6, 6.07) is 7.92. The van der Waals surface area contributed by atoms with E-state index in [1.54, 1.807) is 11.3 Å². The highest BCUT2D eigenvalue weighted by Crippen LogP contribution is 2.38. The van der Waals surface area contributed by atoms with Crippen LogP contribution in [0.2, 0.25) is 0 Å². The van der Waals surface area contributed by atoms with Crippen LogP contribution in [0.5, 0.6) is 0 Å². The van der Waals surface area contributed by atoms with E-state index in [2.05, 4.69) is 24.1 Å². The fraction of sp³-hybridized carbons (Fsp3) is 0.458. The summed E-state index contributed by atoms with van der Waals surface area (Å²) in [5.41, 5.74) is 3.24. The Morgan fingerprint density at radius 3 is 2.45 bits per heavy atom. The topological polar surface area (TPSA) is 67.3 Å². The van der Waals surface area contributed by atoms with Gasteiger partial charge in [0, 0.05) is 18.0 Å². The zero-order chi connectivity index (χ0) is 22.1. The molecule has 0 saturated carbocycles. The van der Waals surface area contributed by atoms with Crippen molar-refractivity contribution in [2.45, 2.75) is 41.0 Å². The van der Waals surface area contributed by atoms with Gasteiger partial charge in [-0.3, -0.25) is 0 Å². The summed E-state index contributed by atoms with van der Waals surface area (Å²) in [5, 5.41) is 4.23. The number of piperidine rings is 1. The van der Waals surface area contributed by atoms with Gasteiger partial charge < -0.3 is 15.0 Å². The molecule has 1 N–H and O–H groups in total. The third-order valence-electron chi connectivity index (χ3n) is 5.82. The molecule has 3 aromatic rings. The number of carbonyl (C=O) groups is 1. The molecule has 7 heteroatoms. The Bertz CT molecular complexity index is 1100. The van der Waals surface area contributed by atoms with Crippen LogP contribution < -0.4 is 10.2 Å². The van der Waals surface area contributed by atoms with Crippen molar-refractivity contribution in [3.8, 4) is 0 Å². The fourth-order valence-electron chi connectivity index (χ4n) is 4.40. The predicted molar refractivity (Wildman–Crippen MR) is 128 cm³/mol. The van der Waals surface area contributed by atoms with Gasteiger partial charge in [-0.25, -0.2) is 14.8 Å². The van der Waals surface area contributed by atoms with Crippen LogP contribution in [0, 0.1) is 25.7 Å². The number of para-hydroxylation sites is 2. The highest BCUT2D eigenvalue weighted by Gasteiger charge is 2.27. The first-order chi connectivity index (χ1) is 14.9. The van der Waals surface area contributed by atoms with Gasteiger partial charge in [-0.1, -0.05) is 26.0 Å². The fourth-order valence-corrected chi connectivity index (χ4v) is 5.45. The molecule has 3 heterocycles. The Hall–Kier alpha value is -2.67. The summed E-state index contributed by atoms with van der Waals surface area (Å²) in [4.78, 5) is 26.0. The third kappa shape index (κ3) is 4.37. The Kier molecular flexibility index (Phi) is 6.14. The standard InChI is InChI=1S/C24H30N4O2S/c1-6-30-24(29)20-16(4)17(5)31-23(20)27-21-22(28-12-14(2)11-15(3)13-28)26-19-10-8-7-9-18(19)25-21/h7-10,14-15H,6,11-13H2,1-5H3,(H,25,27). The molecule has 1 fully saturated rings. The van der Waals surface area contributed by atoms with Gasteiger partial charge in [0.2, 0.25) is 0 Å². The predicted octanol–water partition coefficient (Wildman–Crippen LogP) is 5.71. The monoisotopic (exact) mass is 438 g/mol. The molecular weight excluding hydrogens is 408 g/mol. The molecule has 1 aromatic carbocycles. The van der Waals surface area contributed by atoms with Crippen LogP contribution in [-0.4, -0.2) is 35.6 Å². The molecule has 0 spiro atoms. The van der Waals surface area contributed by atoms with Crippen LogP contribution in [0.25, 0.3) is 11.0 Å². The van der Waals surface area contributed by atoms with E-state index in [4.69, 9.17) is 14.7 Å². The second-order valence-electron chi connectivity index (χ2n) is 8.57. The van der Waals surface area contributed by atoms with Gasteiger partial charge in [0.1, 0.15) is 5.00 Å². The summed E-state index contributed by atoms with van der Waals surface area (Å²) in [7, 11) is 0. The number of esters is 1. The number of hydrogen-bond donors (Lipinski definition) is 1. The lowest BCUT2D eigenvalue weighted by Gasteiger charge is -2.36. The van der Waals surface area contributed by atoms with Gasteiger partial charge in [0.25, 0.3) is 0 Å². The summed E-state index contributed by atoms with van der Waals surface area (Å²) in [6.07, 6.45) is 1.22. The number of anilines is 3. The van der Waals surface area contributed by atoms with Crippen molar-refractivity contribution in [1.82, 2.24) is 9.97 Å². The molecule has 0 amide bonds. The molecule has 4 rings (SSSR count). The van der Waals surface area contributed by atoms with Gasteiger partial charge in [0.05, 0.1) is 23.2 Å². The second-order valence-corrected chi connectivity index (χ2v) is 9.79. The van der Waals surface area contributed by atoms with E-state index < -0.39 is 0 Å². The third-order valence-corrected chi connectivity index (χ3v) is 6.94. The number of thiophene rings is 1. The van der Waals surface area contributed by atoms with E-state index >= 15 is 0 Å². The Labute approximate surface area is 187 Å². The van der Waals surface area contributed by atoms with E-state index in [9.17, 15) is 4.79 Å². The first-order valence-corrected chi connectivity index (χ1v) is 11.7. The molecule has 164 valence electrons. The highest BCUT2D eigenvalue weighted by atomic mass is 32.1. The lowest BCUT2D eigenvalue weighted by atomic mass is 9.92. The molecule has 0 radical (unpaired) electrons. The van der Waals surface area contributed by atoms with Crippen LogP contribution in [0.4, 0.5) is 16.6 Å². The maximum absolute atomic E-state index is 12.7. The SMILES string of the molecule is CCOC(=O)c1c(Nc2nc3ccccc3nc2N2CC(C)CC(C)C2)sc(C)c1C. The maximum Gasteiger partial charge on any atom is 0.341 e. The molecule has 2 aromatic heterocycles. The van der Waals surface area contributed by atoms with Crippen LogP contribution in [0.1, 0.15) is 48.0 Å². The number of aryl methyl sites for hydroxylation is 1. The van der Waals surface area contributed by atoms with Crippen LogP contribution >= 0.6 is 11.3 Å². The van der Waals surface area contributed by atoms with Crippen molar-refractivity contribution in [1.29, 1.82) is 0 Å². The summed E-state index contributed by atoms with van der Waals surface area (Å²) in [6.45, 7) is 12.6. The Morgan fingerprint density at radius 1 is 1.16 bits per heavy atom. The number of fused-ring (bicyclic) bond motifs is 1. The zero-order valence-electron chi connectivity index (χ0n) is 18.9. The van der Waals surface area contributed by atoms with Crippen molar-refractivity contribution >= 4 is 45.0 Å². The summed E-state index contributed by atoms with van der Waals surface area (Å²) >= 11 is 1.55. The smallest absolute Gasteiger partial charge is 0.341 e. The summed E-state index contributed by atoms with van der Waals surface area (Å²) < 4.78 is 5.33. The second kappa shape index (κ2) is 8.83. The van der Waals surface area contributed by atoms with Crippen LogP contribution in [0.3, 0.4) is 0 Å². The van der Waals surface area contributed by atoms with Crippen molar-refractivity contribution in [2.24, 2.45) is 11.8 Å². The van der Waals surface area contributed by atoms with Crippen molar-refractivity contribution in [2.75, 3.05) is 29.9 Å². The van der Waals surface area contributed by atoms with Gasteiger partial charge >= 0.3 is 5.97 Å². The molecule has 1 aliphatic rings. The molecular formula is C24H30N4O2S. The van der Waals surface area contributed by atoms with Crippen LogP contribution in [0.15, 0.2) is 24.3 Å². The highest BCUT2D eigenvalue weighted by molar-refractivity contribution is 7.16. The minimum absolute atomic E-state index is 0.303. The van der Waals surface area contributed by atoms with E-state index in [0.29, 0.717) is 29.8 Å². The Morgan fingerprint density at radius 2 is 1.81 bits per heavy atom. The average Bonchev–Trinajstić information content (AvgIpc) is 3.00. The molecule has 1 saturated heterocycles. The molecule has 1 aliphatic heterocycles. The number of rotatable bonds is 5. The molecule has 2 atom stereocenters. The zero-order valence-corrected chi connectivity index (χ0v) is 19.7. The van der Waals surface area contributed by atoms with E-state index in [0.717, 1.165) is 45.4 Å². The number of hydrogen-bond acceptors (Lipinski definition) is 7.